The average molecular weight is 252 g/mol. The highest BCUT2D eigenvalue weighted by Crippen LogP contribution is 2.34. The van der Waals surface area contributed by atoms with Crippen LogP contribution in [0.3, 0.4) is 0 Å². The molecule has 1 aliphatic heterocycles. The first-order valence-corrected chi connectivity index (χ1v) is 5.09. The highest BCUT2D eigenvalue weighted by Gasteiger charge is 2.32. The normalized spacial score (nSPS) is 21.4. The summed E-state index contributed by atoms with van der Waals surface area (Å²) in [6.45, 7) is 0.485. The number of hydrogen-bond acceptors (Lipinski definition) is 2. The smallest absolute Gasteiger partial charge is 0.301 e. The molecular formula is C10H9ClF3NO. The maximum Gasteiger partial charge on any atom is 0.416 e. The molecule has 1 aromatic rings. The molecule has 1 fully saturated rings. The van der Waals surface area contributed by atoms with Gasteiger partial charge in [-0.1, -0.05) is 11.6 Å². The molecule has 1 N–H and O–H groups in total. The van der Waals surface area contributed by atoms with Gasteiger partial charge in [0.15, 0.2) is 0 Å². The van der Waals surface area contributed by atoms with Gasteiger partial charge in [-0.15, -0.1) is 0 Å². The number of hydroxylamine groups is 1. The summed E-state index contributed by atoms with van der Waals surface area (Å²) in [5.74, 6) is 0. The van der Waals surface area contributed by atoms with Gasteiger partial charge in [0.1, 0.15) is 0 Å². The second-order valence-corrected chi connectivity index (χ2v) is 4.02. The summed E-state index contributed by atoms with van der Waals surface area (Å²) in [5, 5.41) is 0.0820. The van der Waals surface area contributed by atoms with Crippen LogP contribution in [0.15, 0.2) is 18.2 Å². The third kappa shape index (κ3) is 2.48. The highest BCUT2D eigenvalue weighted by atomic mass is 35.5. The Morgan fingerprint density at radius 2 is 2.06 bits per heavy atom. The summed E-state index contributed by atoms with van der Waals surface area (Å²) in [6, 6.07) is 3.31. The number of benzene rings is 1. The Morgan fingerprint density at radius 3 is 2.62 bits per heavy atom. The van der Waals surface area contributed by atoms with E-state index in [1.54, 1.807) is 0 Å². The molecule has 2 rings (SSSR count). The summed E-state index contributed by atoms with van der Waals surface area (Å²) in [4.78, 5) is 4.90. The number of hydrogen-bond donors (Lipinski definition) is 1. The van der Waals surface area contributed by atoms with Crippen molar-refractivity contribution in [3.05, 3.63) is 34.3 Å². The minimum absolute atomic E-state index is 0.0820. The minimum Gasteiger partial charge on any atom is -0.301 e. The molecule has 2 nitrogen and oxygen atoms in total. The Kier molecular flexibility index (Phi) is 3.10. The van der Waals surface area contributed by atoms with Crippen LogP contribution >= 0.6 is 11.6 Å². The van der Waals surface area contributed by atoms with Crippen molar-refractivity contribution >= 4 is 11.6 Å². The van der Waals surface area contributed by atoms with Gasteiger partial charge in [0.2, 0.25) is 0 Å². The molecule has 1 heterocycles. The number of rotatable bonds is 1. The van der Waals surface area contributed by atoms with Crippen LogP contribution in [0.1, 0.15) is 23.6 Å². The Hall–Kier alpha value is -0.780. The fourth-order valence-electron chi connectivity index (χ4n) is 1.61. The molecule has 0 radical (unpaired) electrons. The van der Waals surface area contributed by atoms with Crippen LogP contribution in [0.4, 0.5) is 13.2 Å². The highest BCUT2D eigenvalue weighted by molar-refractivity contribution is 6.30. The lowest BCUT2D eigenvalue weighted by molar-refractivity contribution is -0.137. The van der Waals surface area contributed by atoms with Crippen LogP contribution in [0, 0.1) is 0 Å². The first kappa shape index (κ1) is 11.7. The Balaban J connectivity index is 2.35. The van der Waals surface area contributed by atoms with Crippen LogP contribution in [0.25, 0.3) is 0 Å². The minimum atomic E-state index is -4.38. The molecule has 0 saturated carbocycles. The number of halogens is 4. The van der Waals surface area contributed by atoms with E-state index in [0.29, 0.717) is 18.6 Å². The molecule has 6 heteroatoms. The van der Waals surface area contributed by atoms with Gasteiger partial charge in [-0.3, -0.25) is 0 Å². The Bertz CT molecular complexity index is 388. The molecule has 0 amide bonds. The zero-order valence-electron chi connectivity index (χ0n) is 8.14. The van der Waals surface area contributed by atoms with E-state index < -0.39 is 11.7 Å². The Labute approximate surface area is 95.3 Å². The van der Waals surface area contributed by atoms with Crippen molar-refractivity contribution in [3.63, 3.8) is 0 Å². The zero-order chi connectivity index (χ0) is 11.8. The van der Waals surface area contributed by atoms with E-state index in [1.807, 2.05) is 0 Å². The van der Waals surface area contributed by atoms with Gasteiger partial charge in [0.25, 0.3) is 0 Å². The molecule has 1 aromatic carbocycles. The topological polar surface area (TPSA) is 21.3 Å². The molecule has 16 heavy (non-hydrogen) atoms. The van der Waals surface area contributed by atoms with Gasteiger partial charge in [0.05, 0.1) is 18.2 Å². The third-order valence-electron chi connectivity index (χ3n) is 2.38. The molecule has 0 aliphatic carbocycles. The monoisotopic (exact) mass is 251 g/mol. The molecule has 1 aliphatic rings. The van der Waals surface area contributed by atoms with Crippen molar-refractivity contribution in [1.82, 2.24) is 5.48 Å². The summed E-state index contributed by atoms with van der Waals surface area (Å²) in [7, 11) is 0. The van der Waals surface area contributed by atoms with Crippen molar-refractivity contribution in [2.45, 2.75) is 18.6 Å². The van der Waals surface area contributed by atoms with E-state index in [-0.39, 0.29) is 11.1 Å². The predicted octanol–water partition coefficient (Wildman–Crippen LogP) is 3.32. The van der Waals surface area contributed by atoms with Crippen molar-refractivity contribution in [2.24, 2.45) is 0 Å². The van der Waals surface area contributed by atoms with Gasteiger partial charge < -0.3 is 4.84 Å². The second kappa shape index (κ2) is 4.24. The van der Waals surface area contributed by atoms with E-state index in [1.165, 1.54) is 6.07 Å². The molecule has 0 aromatic heterocycles. The predicted molar refractivity (Wildman–Crippen MR) is 52.9 cm³/mol. The first-order chi connectivity index (χ1) is 7.47. The van der Waals surface area contributed by atoms with E-state index in [4.69, 9.17) is 16.4 Å². The zero-order valence-corrected chi connectivity index (χ0v) is 8.90. The van der Waals surface area contributed by atoms with Crippen molar-refractivity contribution in [3.8, 4) is 0 Å². The first-order valence-electron chi connectivity index (χ1n) is 4.72. The van der Waals surface area contributed by atoms with Gasteiger partial charge in [-0.2, -0.15) is 18.7 Å². The maximum atomic E-state index is 12.5. The fourth-order valence-corrected chi connectivity index (χ4v) is 1.85. The Morgan fingerprint density at radius 1 is 1.31 bits per heavy atom. The van der Waals surface area contributed by atoms with E-state index in [9.17, 15) is 13.2 Å². The van der Waals surface area contributed by atoms with Gasteiger partial charge in [-0.25, -0.2) is 0 Å². The van der Waals surface area contributed by atoms with Crippen LogP contribution in [0.5, 0.6) is 0 Å². The largest absolute Gasteiger partial charge is 0.416 e. The molecule has 88 valence electrons. The van der Waals surface area contributed by atoms with Crippen LogP contribution in [-0.4, -0.2) is 6.61 Å². The van der Waals surface area contributed by atoms with Crippen molar-refractivity contribution in [1.29, 1.82) is 0 Å². The summed E-state index contributed by atoms with van der Waals surface area (Å²) in [5.41, 5.74) is 2.42. The lowest BCUT2D eigenvalue weighted by Crippen LogP contribution is -2.13. The van der Waals surface area contributed by atoms with E-state index in [0.717, 1.165) is 12.1 Å². The van der Waals surface area contributed by atoms with Gasteiger partial charge in [-0.05, 0) is 30.2 Å². The number of nitrogens with one attached hydrogen (secondary N) is 1. The van der Waals surface area contributed by atoms with Gasteiger partial charge in [0, 0.05) is 5.02 Å². The fraction of sp³-hybridized carbons (Fsp3) is 0.400. The lowest BCUT2D eigenvalue weighted by atomic mass is 10.0. The van der Waals surface area contributed by atoms with Crippen molar-refractivity contribution < 1.29 is 18.0 Å². The SMILES string of the molecule is FC(F)(F)c1cc(Cl)cc(C2CCON2)c1. The van der Waals surface area contributed by atoms with Gasteiger partial charge >= 0.3 is 6.18 Å². The second-order valence-electron chi connectivity index (χ2n) is 3.58. The van der Waals surface area contributed by atoms with Crippen molar-refractivity contribution in [2.75, 3.05) is 6.61 Å². The quantitative estimate of drug-likeness (QED) is 0.827. The maximum absolute atomic E-state index is 12.5. The number of alkyl halides is 3. The van der Waals surface area contributed by atoms with Crippen LogP contribution < -0.4 is 5.48 Å². The summed E-state index contributed by atoms with van der Waals surface area (Å²) >= 11 is 5.67. The molecule has 1 saturated heterocycles. The molecular weight excluding hydrogens is 243 g/mol. The summed E-state index contributed by atoms with van der Waals surface area (Å²) < 4.78 is 37.6. The van der Waals surface area contributed by atoms with E-state index in [2.05, 4.69) is 5.48 Å². The van der Waals surface area contributed by atoms with E-state index >= 15 is 0 Å². The lowest BCUT2D eigenvalue weighted by Gasteiger charge is -2.13. The van der Waals surface area contributed by atoms with Crippen LogP contribution in [-0.2, 0) is 11.0 Å². The molecule has 1 unspecified atom stereocenters. The average Bonchev–Trinajstić information content (AvgIpc) is 2.68. The molecule has 0 spiro atoms. The molecule has 1 atom stereocenters. The summed E-state index contributed by atoms with van der Waals surface area (Å²) in [6.07, 6.45) is -3.74. The third-order valence-corrected chi connectivity index (χ3v) is 2.60. The standard InChI is InChI=1S/C10H9ClF3NO/c11-8-4-6(9-1-2-16-15-9)3-7(5-8)10(12,13)14/h3-5,9,15H,1-2H2. The van der Waals surface area contributed by atoms with Crippen LogP contribution in [0.2, 0.25) is 5.02 Å². The molecule has 0 bridgehead atoms.